The molecule has 0 unspecified atom stereocenters. The normalized spacial score (nSPS) is 12.8. The number of nitrogens with one attached hydrogen (secondary N) is 2. The predicted molar refractivity (Wildman–Crippen MR) is 137 cm³/mol. The summed E-state index contributed by atoms with van der Waals surface area (Å²) >= 11 is 0. The lowest BCUT2D eigenvalue weighted by Gasteiger charge is -2.19. The van der Waals surface area contributed by atoms with E-state index in [1.54, 1.807) is 30.6 Å². The second-order valence-corrected chi connectivity index (χ2v) is 8.68. The summed E-state index contributed by atoms with van der Waals surface area (Å²) in [5, 5.41) is 6.00. The highest BCUT2D eigenvalue weighted by molar-refractivity contribution is 6.00. The summed E-state index contributed by atoms with van der Waals surface area (Å²) < 4.78 is 12.7. The van der Waals surface area contributed by atoms with Crippen molar-refractivity contribution in [3.05, 3.63) is 100 Å². The summed E-state index contributed by atoms with van der Waals surface area (Å²) in [6.07, 6.45) is 5.11. The maximum atomic E-state index is 13.4. The number of benzene rings is 2. The van der Waals surface area contributed by atoms with Crippen LogP contribution in [0, 0.1) is 0 Å². The Morgan fingerprint density at radius 2 is 1.81 bits per heavy atom. The molecule has 3 heterocycles. The summed E-state index contributed by atoms with van der Waals surface area (Å²) in [5.74, 6) is 0.0336. The van der Waals surface area contributed by atoms with Gasteiger partial charge in [0.1, 0.15) is 11.6 Å². The van der Waals surface area contributed by atoms with Gasteiger partial charge in [-0.15, -0.1) is 0 Å². The van der Waals surface area contributed by atoms with E-state index >= 15 is 0 Å². The van der Waals surface area contributed by atoms with Gasteiger partial charge in [-0.25, -0.2) is 0 Å². The Morgan fingerprint density at radius 3 is 2.54 bits per heavy atom. The van der Waals surface area contributed by atoms with Gasteiger partial charge in [0.05, 0.1) is 10.9 Å². The smallest absolute Gasteiger partial charge is 0.257 e. The van der Waals surface area contributed by atoms with E-state index in [-0.39, 0.29) is 31.2 Å². The monoisotopic (exact) mass is 498 g/mol. The van der Waals surface area contributed by atoms with Crippen molar-refractivity contribution in [1.82, 2.24) is 20.2 Å². The molecular formula is C28H26N4O5. The molecule has 9 heteroatoms. The largest absolute Gasteiger partial charge is 0.454 e. The number of fused-ring (bicyclic) bond motifs is 2. The summed E-state index contributed by atoms with van der Waals surface area (Å²) in [6.45, 7) is 2.78. The van der Waals surface area contributed by atoms with E-state index in [4.69, 9.17) is 9.47 Å². The van der Waals surface area contributed by atoms with Gasteiger partial charge in [-0.2, -0.15) is 0 Å². The van der Waals surface area contributed by atoms with E-state index in [0.717, 1.165) is 11.1 Å². The molecule has 188 valence electrons. The first-order chi connectivity index (χ1) is 18.0. The zero-order valence-electron chi connectivity index (χ0n) is 20.3. The average Bonchev–Trinajstić information content (AvgIpc) is 3.39. The van der Waals surface area contributed by atoms with E-state index in [0.29, 0.717) is 28.9 Å². The predicted octanol–water partition coefficient (Wildman–Crippen LogP) is 2.80. The fourth-order valence-corrected chi connectivity index (χ4v) is 4.31. The SMILES string of the molecule is CCn1cc(C(=O)N[C@@H](Cc2ccccc2)C(=O)NCc2cccnc2)c(=O)c2cc3c(cc21)OCO3. The molecule has 2 aromatic carbocycles. The number of carbonyl (C=O) groups is 2. The van der Waals surface area contributed by atoms with Crippen molar-refractivity contribution in [2.45, 2.75) is 32.5 Å². The molecular weight excluding hydrogens is 472 g/mol. The fourth-order valence-electron chi connectivity index (χ4n) is 4.31. The van der Waals surface area contributed by atoms with Gasteiger partial charge in [0.2, 0.25) is 18.1 Å². The van der Waals surface area contributed by atoms with Crippen molar-refractivity contribution >= 4 is 22.7 Å². The summed E-state index contributed by atoms with van der Waals surface area (Å²) in [4.78, 5) is 44.0. The maximum Gasteiger partial charge on any atom is 0.257 e. The molecule has 2 N–H and O–H groups in total. The number of hydrogen-bond donors (Lipinski definition) is 2. The number of carbonyl (C=O) groups excluding carboxylic acids is 2. The molecule has 0 spiro atoms. The molecule has 0 saturated heterocycles. The molecule has 2 amide bonds. The van der Waals surface area contributed by atoms with Crippen molar-refractivity contribution in [2.75, 3.05) is 6.79 Å². The van der Waals surface area contributed by atoms with E-state index in [9.17, 15) is 14.4 Å². The first-order valence-corrected chi connectivity index (χ1v) is 12.0. The van der Waals surface area contributed by atoms with Crippen LogP contribution in [-0.2, 0) is 24.3 Å². The van der Waals surface area contributed by atoms with Crippen LogP contribution in [0.2, 0.25) is 0 Å². The van der Waals surface area contributed by atoms with Crippen molar-refractivity contribution in [1.29, 1.82) is 0 Å². The van der Waals surface area contributed by atoms with Crippen LogP contribution in [0.4, 0.5) is 0 Å². The van der Waals surface area contributed by atoms with Gasteiger partial charge < -0.3 is 24.7 Å². The Morgan fingerprint density at radius 1 is 1.05 bits per heavy atom. The van der Waals surface area contributed by atoms with E-state index in [1.807, 2.05) is 47.9 Å². The number of rotatable bonds is 8. The van der Waals surface area contributed by atoms with Crippen molar-refractivity contribution < 1.29 is 19.1 Å². The van der Waals surface area contributed by atoms with E-state index in [1.165, 1.54) is 6.20 Å². The zero-order valence-corrected chi connectivity index (χ0v) is 20.3. The van der Waals surface area contributed by atoms with Gasteiger partial charge in [-0.05, 0) is 30.2 Å². The molecule has 5 rings (SSSR count). The number of aryl methyl sites for hydroxylation is 1. The lowest BCUT2D eigenvalue weighted by molar-refractivity contribution is -0.123. The highest BCUT2D eigenvalue weighted by atomic mass is 16.7. The minimum atomic E-state index is -0.895. The Labute approximate surface area is 213 Å². The van der Waals surface area contributed by atoms with Crippen molar-refractivity contribution in [3.63, 3.8) is 0 Å². The minimum Gasteiger partial charge on any atom is -0.454 e. The summed E-state index contributed by atoms with van der Waals surface area (Å²) in [7, 11) is 0. The maximum absolute atomic E-state index is 13.4. The number of aromatic nitrogens is 2. The van der Waals surface area contributed by atoms with Gasteiger partial charge in [-0.3, -0.25) is 19.4 Å². The molecule has 0 aliphatic carbocycles. The van der Waals surface area contributed by atoms with Gasteiger partial charge >= 0.3 is 0 Å². The van der Waals surface area contributed by atoms with E-state index in [2.05, 4.69) is 15.6 Å². The fraction of sp³-hybridized carbons (Fsp3) is 0.214. The van der Waals surface area contributed by atoms with Crippen molar-refractivity contribution in [3.8, 4) is 11.5 Å². The standard InChI is InChI=1S/C28H26N4O5/c1-2-32-16-21(26(33)20-12-24-25(13-23(20)32)37-17-36-24)27(34)31-22(11-18-7-4-3-5-8-18)28(35)30-15-19-9-6-10-29-14-19/h3-10,12-14,16,22H,2,11,15,17H2,1H3,(H,30,35)(H,31,34)/t22-/m0/s1. The molecule has 9 nitrogen and oxygen atoms in total. The molecule has 0 radical (unpaired) electrons. The lowest BCUT2D eigenvalue weighted by Crippen LogP contribution is -2.48. The van der Waals surface area contributed by atoms with Gasteiger partial charge in [-0.1, -0.05) is 36.4 Å². The number of amides is 2. The van der Waals surface area contributed by atoms with Crippen LogP contribution in [-0.4, -0.2) is 34.2 Å². The van der Waals surface area contributed by atoms with Gasteiger partial charge in [0.25, 0.3) is 5.91 Å². The van der Waals surface area contributed by atoms with Crippen LogP contribution in [0.1, 0.15) is 28.4 Å². The summed E-state index contributed by atoms with van der Waals surface area (Å²) in [5.41, 5.74) is 1.86. The van der Waals surface area contributed by atoms with Crippen molar-refractivity contribution in [2.24, 2.45) is 0 Å². The number of pyridine rings is 2. The molecule has 0 saturated carbocycles. The molecule has 2 aromatic heterocycles. The topological polar surface area (TPSA) is 112 Å². The summed E-state index contributed by atoms with van der Waals surface area (Å²) in [6, 6.07) is 15.5. The van der Waals surface area contributed by atoms with Gasteiger partial charge in [0.15, 0.2) is 11.5 Å². The molecule has 0 bridgehead atoms. The Hall–Kier alpha value is -4.66. The van der Waals surface area contributed by atoms with Gasteiger partial charge in [0, 0.05) is 44.2 Å². The third-order valence-electron chi connectivity index (χ3n) is 6.25. The minimum absolute atomic E-state index is 0.0497. The Bertz CT molecular complexity index is 1500. The molecule has 0 fully saturated rings. The first kappa shape index (κ1) is 24.1. The Kier molecular flexibility index (Phi) is 6.85. The van der Waals surface area contributed by atoms with Crippen LogP contribution in [0.3, 0.4) is 0 Å². The second kappa shape index (κ2) is 10.5. The lowest BCUT2D eigenvalue weighted by atomic mass is 10.0. The molecule has 37 heavy (non-hydrogen) atoms. The molecule has 1 aliphatic heterocycles. The molecule has 1 aliphatic rings. The first-order valence-electron chi connectivity index (χ1n) is 12.0. The second-order valence-electron chi connectivity index (χ2n) is 8.68. The quantitative estimate of drug-likeness (QED) is 0.387. The number of ether oxygens (including phenoxy) is 2. The third kappa shape index (κ3) is 5.16. The van der Waals surface area contributed by atoms with Crippen LogP contribution in [0.25, 0.3) is 10.9 Å². The van der Waals surface area contributed by atoms with Crippen LogP contribution in [0.5, 0.6) is 11.5 Å². The Balaban J connectivity index is 1.44. The molecule has 4 aromatic rings. The number of nitrogens with zero attached hydrogens (tertiary/aromatic N) is 2. The average molecular weight is 499 g/mol. The zero-order chi connectivity index (χ0) is 25.8. The highest BCUT2D eigenvalue weighted by Gasteiger charge is 2.25. The number of hydrogen-bond acceptors (Lipinski definition) is 6. The molecule has 1 atom stereocenters. The van der Waals surface area contributed by atoms with Crippen LogP contribution >= 0.6 is 0 Å². The highest BCUT2D eigenvalue weighted by Crippen LogP contribution is 2.35. The van der Waals surface area contributed by atoms with Crippen LogP contribution in [0.15, 0.2) is 78.0 Å². The van der Waals surface area contributed by atoms with Crippen LogP contribution < -0.4 is 25.5 Å². The third-order valence-corrected chi connectivity index (χ3v) is 6.25. The van der Waals surface area contributed by atoms with E-state index < -0.39 is 17.4 Å².